The largest absolute Gasteiger partial charge is 0.481 e. The maximum Gasteiger partial charge on any atom is 0.311 e. The lowest BCUT2D eigenvalue weighted by Gasteiger charge is -2.28. The van der Waals surface area contributed by atoms with Gasteiger partial charge >= 0.3 is 5.97 Å². The number of hydrogen-bond donors (Lipinski definition) is 2. The summed E-state index contributed by atoms with van der Waals surface area (Å²) in [5.74, 6) is -1.20. The Kier molecular flexibility index (Phi) is 4.91. The second-order valence-electron chi connectivity index (χ2n) is 7.37. The molecule has 3 rings (SSSR count). The van der Waals surface area contributed by atoms with Crippen molar-refractivity contribution in [1.29, 1.82) is 0 Å². The van der Waals surface area contributed by atoms with E-state index in [4.69, 9.17) is 0 Å². The van der Waals surface area contributed by atoms with E-state index in [2.05, 4.69) is 5.10 Å². The number of hydrogen-bond acceptors (Lipinski definition) is 4. The number of aryl methyl sites for hydroxylation is 1. The highest BCUT2D eigenvalue weighted by molar-refractivity contribution is 5.81. The third-order valence-corrected chi connectivity index (χ3v) is 5.62. The van der Waals surface area contributed by atoms with Crippen LogP contribution < -0.4 is 11.1 Å². The van der Waals surface area contributed by atoms with Gasteiger partial charge in [-0.05, 0) is 24.5 Å². The molecule has 1 unspecified atom stereocenters. The van der Waals surface area contributed by atoms with Crippen LogP contribution in [-0.4, -0.2) is 44.8 Å². The molecule has 1 aliphatic heterocycles. The first-order valence-corrected chi connectivity index (χ1v) is 8.99. The number of H-pyrrole nitrogens is 1. The molecule has 1 aromatic heterocycles. The van der Waals surface area contributed by atoms with Crippen LogP contribution in [-0.2, 0) is 16.1 Å². The van der Waals surface area contributed by atoms with E-state index in [1.807, 2.05) is 13.8 Å². The number of amides is 1. The van der Waals surface area contributed by atoms with Crippen molar-refractivity contribution in [2.75, 3.05) is 13.1 Å². The van der Waals surface area contributed by atoms with Gasteiger partial charge in [0, 0.05) is 19.5 Å². The van der Waals surface area contributed by atoms with E-state index in [1.165, 1.54) is 4.90 Å². The second kappa shape index (κ2) is 7.02. The molecule has 1 saturated heterocycles. The summed E-state index contributed by atoms with van der Waals surface area (Å²) in [6.07, 6.45) is 0.431. The molecule has 27 heavy (non-hydrogen) atoms. The van der Waals surface area contributed by atoms with E-state index in [0.717, 1.165) is 4.68 Å². The van der Waals surface area contributed by atoms with Crippen molar-refractivity contribution in [3.63, 3.8) is 0 Å². The van der Waals surface area contributed by atoms with E-state index in [-0.39, 0.29) is 42.5 Å². The lowest BCUT2D eigenvalue weighted by Crippen LogP contribution is -2.41. The molecule has 0 bridgehead atoms. The zero-order valence-electron chi connectivity index (χ0n) is 15.4. The number of aromatic amines is 1. The molecule has 1 aliphatic rings. The van der Waals surface area contributed by atoms with Gasteiger partial charge in [-0.15, -0.1) is 0 Å². The Labute approximate surface area is 155 Å². The smallest absolute Gasteiger partial charge is 0.311 e. The van der Waals surface area contributed by atoms with Crippen molar-refractivity contribution in [3.05, 3.63) is 45.0 Å². The predicted octanol–water partition coefficient (Wildman–Crippen LogP) is 1.04. The normalized spacial score (nSPS) is 19.7. The Morgan fingerprint density at radius 2 is 1.89 bits per heavy atom. The molecule has 2 heterocycles. The summed E-state index contributed by atoms with van der Waals surface area (Å²) < 4.78 is 1.14. The maximum atomic E-state index is 12.5. The zero-order valence-corrected chi connectivity index (χ0v) is 15.4. The molecule has 0 radical (unpaired) electrons. The first-order chi connectivity index (χ1) is 12.8. The monoisotopic (exact) mass is 373 g/mol. The molecule has 1 amide bonds. The van der Waals surface area contributed by atoms with Crippen LogP contribution in [0.1, 0.15) is 26.7 Å². The molecule has 8 nitrogen and oxygen atoms in total. The standard InChI is InChI=1S/C19H23N3O5/c1-12(2)19(18(26)27)8-10-21(11-19)15(23)7-9-22-17(25)14-6-4-3-5-13(14)16(24)20-22/h3-6,12H,7-11H2,1-2H3,(H,20,24)(H,26,27). The summed E-state index contributed by atoms with van der Waals surface area (Å²) in [6, 6.07) is 6.52. The number of carbonyl (C=O) groups excluding carboxylic acids is 1. The van der Waals surface area contributed by atoms with Gasteiger partial charge in [-0.3, -0.25) is 24.3 Å². The quantitative estimate of drug-likeness (QED) is 0.813. The molecule has 8 heteroatoms. The van der Waals surface area contributed by atoms with Crippen molar-refractivity contribution in [2.45, 2.75) is 33.2 Å². The molecule has 0 spiro atoms. The van der Waals surface area contributed by atoms with Crippen LogP contribution in [0.25, 0.3) is 10.8 Å². The maximum absolute atomic E-state index is 12.5. The van der Waals surface area contributed by atoms with Crippen molar-refractivity contribution in [1.82, 2.24) is 14.7 Å². The van der Waals surface area contributed by atoms with E-state index in [9.17, 15) is 24.3 Å². The fourth-order valence-electron chi connectivity index (χ4n) is 3.71. The fourth-order valence-corrected chi connectivity index (χ4v) is 3.71. The van der Waals surface area contributed by atoms with Crippen LogP contribution in [0.2, 0.25) is 0 Å². The molecular weight excluding hydrogens is 350 g/mol. The Morgan fingerprint density at radius 3 is 2.48 bits per heavy atom. The molecule has 0 saturated carbocycles. The first kappa shape index (κ1) is 18.9. The van der Waals surface area contributed by atoms with Crippen LogP contribution >= 0.6 is 0 Å². The van der Waals surface area contributed by atoms with Crippen molar-refractivity contribution < 1.29 is 14.7 Å². The third-order valence-electron chi connectivity index (χ3n) is 5.62. The Morgan fingerprint density at radius 1 is 1.22 bits per heavy atom. The number of aromatic nitrogens is 2. The Hall–Kier alpha value is -2.90. The fraction of sp³-hybridized carbons (Fsp3) is 0.474. The molecule has 144 valence electrons. The van der Waals surface area contributed by atoms with Gasteiger partial charge < -0.3 is 10.0 Å². The van der Waals surface area contributed by atoms with Crippen LogP contribution in [0.15, 0.2) is 33.9 Å². The zero-order chi connectivity index (χ0) is 19.8. The summed E-state index contributed by atoms with van der Waals surface area (Å²) in [4.78, 5) is 50.4. The number of aliphatic carboxylic acids is 1. The van der Waals surface area contributed by atoms with Crippen LogP contribution in [0.3, 0.4) is 0 Å². The van der Waals surface area contributed by atoms with Crippen molar-refractivity contribution >= 4 is 22.6 Å². The molecule has 2 aromatic rings. The minimum Gasteiger partial charge on any atom is -0.481 e. The number of rotatable bonds is 5. The highest BCUT2D eigenvalue weighted by Crippen LogP contribution is 2.38. The van der Waals surface area contributed by atoms with Gasteiger partial charge in [0.1, 0.15) is 0 Å². The summed E-state index contributed by atoms with van der Waals surface area (Å²) in [7, 11) is 0. The average molecular weight is 373 g/mol. The Bertz CT molecular complexity index is 1010. The van der Waals surface area contributed by atoms with Crippen LogP contribution in [0, 0.1) is 11.3 Å². The number of carboxylic acid groups (broad SMARTS) is 1. The lowest BCUT2D eigenvalue weighted by atomic mass is 9.76. The Balaban J connectivity index is 1.75. The summed E-state index contributed by atoms with van der Waals surface area (Å²) in [6.45, 7) is 4.29. The summed E-state index contributed by atoms with van der Waals surface area (Å²) in [5, 5.41) is 12.7. The van der Waals surface area contributed by atoms with Crippen LogP contribution in [0.5, 0.6) is 0 Å². The van der Waals surface area contributed by atoms with Gasteiger partial charge in [0.15, 0.2) is 0 Å². The minimum absolute atomic E-state index is 0.0159. The van der Waals surface area contributed by atoms with Gasteiger partial charge in [0.25, 0.3) is 11.1 Å². The average Bonchev–Trinajstić information content (AvgIpc) is 3.10. The number of nitrogens with one attached hydrogen (secondary N) is 1. The van der Waals surface area contributed by atoms with Gasteiger partial charge in [0.2, 0.25) is 5.91 Å². The number of nitrogens with zero attached hydrogens (tertiary/aromatic N) is 2. The molecule has 1 fully saturated rings. The SMILES string of the molecule is CC(C)C1(C(=O)O)CCN(C(=O)CCn2[nH]c(=O)c3ccccc3c2=O)C1. The topological polar surface area (TPSA) is 112 Å². The van der Waals surface area contributed by atoms with E-state index < -0.39 is 11.4 Å². The van der Waals surface area contributed by atoms with Crippen LogP contribution in [0.4, 0.5) is 0 Å². The van der Waals surface area contributed by atoms with E-state index in [1.54, 1.807) is 24.3 Å². The number of likely N-dealkylation sites (tertiary alicyclic amines) is 1. The van der Waals surface area contributed by atoms with Gasteiger partial charge in [-0.1, -0.05) is 26.0 Å². The van der Waals surface area contributed by atoms with Gasteiger partial charge in [0.05, 0.1) is 22.7 Å². The predicted molar refractivity (Wildman–Crippen MR) is 99.5 cm³/mol. The van der Waals surface area contributed by atoms with E-state index >= 15 is 0 Å². The minimum atomic E-state index is -0.927. The number of carboxylic acids is 1. The lowest BCUT2D eigenvalue weighted by molar-refractivity contribution is -0.151. The molecule has 0 aliphatic carbocycles. The third kappa shape index (κ3) is 3.27. The molecule has 1 aromatic carbocycles. The highest BCUT2D eigenvalue weighted by Gasteiger charge is 2.48. The van der Waals surface area contributed by atoms with Crippen molar-refractivity contribution in [3.8, 4) is 0 Å². The number of fused-ring (bicyclic) bond motifs is 1. The number of benzene rings is 1. The van der Waals surface area contributed by atoms with E-state index in [0.29, 0.717) is 23.7 Å². The van der Waals surface area contributed by atoms with Gasteiger partial charge in [-0.25, -0.2) is 4.68 Å². The van der Waals surface area contributed by atoms with Crippen molar-refractivity contribution in [2.24, 2.45) is 11.3 Å². The van der Waals surface area contributed by atoms with Gasteiger partial charge in [-0.2, -0.15) is 0 Å². The first-order valence-electron chi connectivity index (χ1n) is 8.99. The summed E-state index contributed by atoms with van der Waals surface area (Å²) >= 11 is 0. The summed E-state index contributed by atoms with van der Waals surface area (Å²) in [5.41, 5.74) is -1.67. The molecular formula is C19H23N3O5. The highest BCUT2D eigenvalue weighted by atomic mass is 16.4. The molecule has 1 atom stereocenters. The second-order valence-corrected chi connectivity index (χ2v) is 7.37. The molecule has 2 N–H and O–H groups in total. The number of carbonyl (C=O) groups is 2.